The van der Waals surface area contributed by atoms with Crippen LogP contribution in [0.1, 0.15) is 67.7 Å². The van der Waals surface area contributed by atoms with Crippen molar-refractivity contribution >= 4 is 41.6 Å². The van der Waals surface area contributed by atoms with Crippen LogP contribution in [0.25, 0.3) is 17.1 Å². The second kappa shape index (κ2) is 35.3. The molecule has 0 unspecified atom stereocenters. The number of nitrogens with one attached hydrogen (secondary N) is 2. The Labute approximate surface area is 482 Å². The van der Waals surface area contributed by atoms with Crippen molar-refractivity contribution in [3.63, 3.8) is 0 Å². The second-order valence-electron chi connectivity index (χ2n) is 20.4. The van der Waals surface area contributed by atoms with Gasteiger partial charge in [0, 0.05) is 116 Å². The SMILES string of the molecule is CCNC(=O)c1nnc(-c2cc(C(C)C)c(O)cc2O)n1-c1ccc(CN2CCN(C(=O)CCOCCOCCOCCOCCNC(=O)CC[C@@H](C(=O)O)N3CCN(CC(=O)O)CCN(CC(=O)O)CCN(CC(=O)O)CC3)CC2)cc1. The Bertz CT molecular complexity index is 2530. The lowest BCUT2D eigenvalue weighted by Crippen LogP contribution is -2.52. The fourth-order valence-electron chi connectivity index (χ4n) is 9.56. The molecule has 5 rings (SSSR count). The maximum atomic E-state index is 13.1. The number of benzene rings is 2. The second-order valence-corrected chi connectivity index (χ2v) is 20.4. The van der Waals surface area contributed by atoms with Crippen LogP contribution in [-0.2, 0) is 54.3 Å². The predicted molar refractivity (Wildman–Crippen MR) is 299 cm³/mol. The Morgan fingerprint density at radius 3 is 1.60 bits per heavy atom. The molecule has 2 saturated heterocycles. The summed E-state index contributed by atoms with van der Waals surface area (Å²) in [5.74, 6) is -5.23. The number of ether oxygens (including phenoxy) is 4. The van der Waals surface area contributed by atoms with Crippen molar-refractivity contribution in [2.45, 2.75) is 58.5 Å². The highest BCUT2D eigenvalue weighted by Gasteiger charge is 2.30. The molecule has 0 aliphatic carbocycles. The van der Waals surface area contributed by atoms with Gasteiger partial charge in [-0.3, -0.25) is 62.6 Å². The molecule has 2 aliphatic heterocycles. The number of amides is 3. The van der Waals surface area contributed by atoms with E-state index >= 15 is 0 Å². The number of carboxylic acids is 4. The molecule has 0 saturated carbocycles. The molecule has 3 heterocycles. The summed E-state index contributed by atoms with van der Waals surface area (Å²) in [4.78, 5) is 96.6. The summed E-state index contributed by atoms with van der Waals surface area (Å²) in [6.07, 6.45) is 0.0645. The Morgan fingerprint density at radius 2 is 1.10 bits per heavy atom. The van der Waals surface area contributed by atoms with Crippen LogP contribution in [0.5, 0.6) is 11.5 Å². The number of aromatic hydroxyl groups is 2. The highest BCUT2D eigenvalue weighted by molar-refractivity contribution is 5.92. The molecule has 0 bridgehead atoms. The van der Waals surface area contributed by atoms with Crippen LogP contribution in [0, 0.1) is 0 Å². The number of hydrogen-bond acceptors (Lipinski definition) is 20. The normalized spacial score (nSPS) is 16.0. The Morgan fingerprint density at radius 1 is 0.590 bits per heavy atom. The molecule has 0 spiro atoms. The molecule has 1 aromatic heterocycles. The van der Waals surface area contributed by atoms with E-state index in [-0.39, 0.29) is 159 Å². The third-order valence-corrected chi connectivity index (χ3v) is 14.0. The van der Waals surface area contributed by atoms with E-state index in [1.807, 2.05) is 43.0 Å². The molecule has 28 heteroatoms. The maximum Gasteiger partial charge on any atom is 0.320 e. The largest absolute Gasteiger partial charge is 0.508 e. The predicted octanol–water partition coefficient (Wildman–Crippen LogP) is 0.144. The van der Waals surface area contributed by atoms with Crippen molar-refractivity contribution in [3.05, 3.63) is 53.3 Å². The molecule has 83 heavy (non-hydrogen) atoms. The molecule has 8 N–H and O–H groups in total. The zero-order valence-corrected chi connectivity index (χ0v) is 47.8. The lowest BCUT2D eigenvalue weighted by Gasteiger charge is -2.35. The first-order valence-corrected chi connectivity index (χ1v) is 28.1. The first kappa shape index (κ1) is 66.9. The summed E-state index contributed by atoms with van der Waals surface area (Å²) in [5.41, 5.74) is 2.59. The van der Waals surface area contributed by atoms with Gasteiger partial charge < -0.3 is 65.1 Å². The standard InChI is InChI=1S/C55H83N11O17/c1-4-56-54(77)53-59-58-52(43-33-42(39(2)3)45(67)34-46(43)68)66(53)41-7-5-40(6-8-41)35-60-19-23-65(24-20-60)48(70)11-25-80-27-29-82-31-32-83-30-28-81-26-12-57-47(69)10-9-44(55(78)79)64-21-17-62(37-50(73)74)15-13-61(36-49(71)72)14-16-63(18-22-64)38-51(75)76/h5-8,33-34,39,44,67-68H,4,9-32,35-38H2,1-3H3,(H,56,77)(H,57,69)(H,71,72)(H,73,74)(H,75,76)(H,78,79)/t44-/m0/s1. The number of carbonyl (C=O) groups excluding carboxylic acids is 3. The Balaban J connectivity index is 0.907. The van der Waals surface area contributed by atoms with Crippen LogP contribution >= 0.6 is 0 Å². The monoisotopic (exact) mass is 1170 g/mol. The van der Waals surface area contributed by atoms with Gasteiger partial charge in [0.05, 0.1) is 84.5 Å². The zero-order chi connectivity index (χ0) is 60.3. The molecular weight excluding hydrogens is 1090 g/mol. The van der Waals surface area contributed by atoms with Crippen molar-refractivity contribution in [2.24, 2.45) is 0 Å². The summed E-state index contributed by atoms with van der Waals surface area (Å²) in [6.45, 7) is 11.9. The van der Waals surface area contributed by atoms with Crippen LogP contribution in [0.4, 0.5) is 0 Å². The molecule has 2 fully saturated rings. The first-order chi connectivity index (χ1) is 39.8. The Kier molecular flexibility index (Phi) is 28.5. The van der Waals surface area contributed by atoms with Gasteiger partial charge in [0.2, 0.25) is 17.6 Å². The van der Waals surface area contributed by atoms with Gasteiger partial charge in [0.25, 0.3) is 5.91 Å². The molecule has 2 aliphatic rings. The van der Waals surface area contributed by atoms with Crippen molar-refractivity contribution in [3.8, 4) is 28.6 Å². The minimum Gasteiger partial charge on any atom is -0.508 e. The van der Waals surface area contributed by atoms with Gasteiger partial charge in [-0.05, 0) is 48.6 Å². The van der Waals surface area contributed by atoms with E-state index in [4.69, 9.17) is 18.9 Å². The molecule has 28 nitrogen and oxygen atoms in total. The quantitative estimate of drug-likeness (QED) is 0.0376. The maximum absolute atomic E-state index is 13.1. The van der Waals surface area contributed by atoms with Crippen LogP contribution in [0.15, 0.2) is 36.4 Å². The summed E-state index contributed by atoms with van der Waals surface area (Å²) >= 11 is 0. The van der Waals surface area contributed by atoms with Crippen molar-refractivity contribution < 1.29 is 83.1 Å². The number of carboxylic acid groups (broad SMARTS) is 4. The highest BCUT2D eigenvalue weighted by atomic mass is 16.6. The first-order valence-electron chi connectivity index (χ1n) is 28.1. The molecular formula is C55H83N11O17. The topological polar surface area (TPSA) is 352 Å². The number of aliphatic carboxylic acids is 4. The number of phenols is 2. The van der Waals surface area contributed by atoms with Crippen LogP contribution in [0.3, 0.4) is 0 Å². The van der Waals surface area contributed by atoms with E-state index in [2.05, 4.69) is 25.7 Å². The van der Waals surface area contributed by atoms with Gasteiger partial charge in [-0.1, -0.05) is 26.0 Å². The van der Waals surface area contributed by atoms with Crippen molar-refractivity contribution in [1.82, 2.24) is 54.8 Å². The number of aromatic nitrogens is 3. The zero-order valence-electron chi connectivity index (χ0n) is 47.8. The van der Waals surface area contributed by atoms with Crippen LogP contribution in [-0.4, -0.2) is 287 Å². The number of phenolic OH excluding ortho intramolecular Hbond substituents is 2. The highest BCUT2D eigenvalue weighted by Crippen LogP contribution is 2.38. The van der Waals surface area contributed by atoms with Gasteiger partial charge in [-0.2, -0.15) is 0 Å². The van der Waals surface area contributed by atoms with Crippen LogP contribution < -0.4 is 10.6 Å². The Hall–Kier alpha value is -6.89. The minimum absolute atomic E-state index is 0.0162. The third-order valence-electron chi connectivity index (χ3n) is 14.0. The summed E-state index contributed by atoms with van der Waals surface area (Å²) in [5, 5.41) is 73.9. The lowest BCUT2D eigenvalue weighted by atomic mass is 9.98. The number of nitrogens with zero attached hydrogens (tertiary/aromatic N) is 9. The van der Waals surface area contributed by atoms with Gasteiger partial charge >= 0.3 is 23.9 Å². The fourth-order valence-corrected chi connectivity index (χ4v) is 9.56. The van der Waals surface area contributed by atoms with Gasteiger partial charge in [0.15, 0.2) is 5.82 Å². The average molecular weight is 1170 g/mol. The smallest absolute Gasteiger partial charge is 0.320 e. The molecule has 2 aromatic carbocycles. The van der Waals surface area contributed by atoms with Gasteiger partial charge in [0.1, 0.15) is 17.5 Å². The van der Waals surface area contributed by atoms with Gasteiger partial charge in [-0.25, -0.2) is 0 Å². The summed E-state index contributed by atoms with van der Waals surface area (Å²) in [6, 6.07) is 9.47. The lowest BCUT2D eigenvalue weighted by molar-refractivity contribution is -0.145. The van der Waals surface area contributed by atoms with Gasteiger partial charge in [-0.15, -0.1) is 10.2 Å². The van der Waals surface area contributed by atoms with E-state index in [1.54, 1.807) is 37.2 Å². The van der Waals surface area contributed by atoms with E-state index in [1.165, 1.54) is 6.07 Å². The number of piperazine rings is 1. The fraction of sp³-hybridized carbons (Fsp3) is 0.618. The number of rotatable bonds is 33. The minimum atomic E-state index is -1.18. The van der Waals surface area contributed by atoms with E-state index in [0.29, 0.717) is 82.5 Å². The van der Waals surface area contributed by atoms with Crippen molar-refractivity contribution in [2.75, 3.05) is 164 Å². The molecule has 0 radical (unpaired) electrons. The average Bonchev–Trinajstić information content (AvgIpc) is 3.17. The van der Waals surface area contributed by atoms with E-state index in [9.17, 15) is 64.2 Å². The molecule has 460 valence electrons. The van der Waals surface area contributed by atoms with E-state index < -0.39 is 41.7 Å². The molecule has 3 aromatic rings. The number of hydrogen-bond donors (Lipinski definition) is 8. The van der Waals surface area contributed by atoms with Crippen molar-refractivity contribution in [1.29, 1.82) is 0 Å². The van der Waals surface area contributed by atoms with E-state index in [0.717, 1.165) is 5.56 Å². The molecule has 1 atom stereocenters. The van der Waals surface area contributed by atoms with Crippen LogP contribution in [0.2, 0.25) is 0 Å². The third kappa shape index (κ3) is 23.0. The number of carbonyl (C=O) groups is 7. The molecule has 3 amide bonds. The summed E-state index contributed by atoms with van der Waals surface area (Å²) in [7, 11) is 0. The summed E-state index contributed by atoms with van der Waals surface area (Å²) < 4.78 is 23.9.